The van der Waals surface area contributed by atoms with E-state index >= 15 is 0 Å². The number of rotatable bonds is 3. The number of hydrogen-bond acceptors (Lipinski definition) is 4. The number of likely N-dealkylation sites (tertiary alicyclic amines) is 1. The van der Waals surface area contributed by atoms with E-state index in [1.54, 1.807) is 12.3 Å². The second-order valence-corrected chi connectivity index (χ2v) is 5.34. The van der Waals surface area contributed by atoms with E-state index in [9.17, 15) is 4.79 Å². The van der Waals surface area contributed by atoms with Gasteiger partial charge in [0.2, 0.25) is 0 Å². The van der Waals surface area contributed by atoms with Gasteiger partial charge >= 0.3 is 5.97 Å². The van der Waals surface area contributed by atoms with Crippen molar-refractivity contribution in [1.29, 1.82) is 0 Å². The van der Waals surface area contributed by atoms with E-state index in [0.29, 0.717) is 5.56 Å². The lowest BCUT2D eigenvalue weighted by Crippen LogP contribution is -2.24. The predicted molar refractivity (Wildman–Crippen MR) is 73.9 cm³/mol. The van der Waals surface area contributed by atoms with Gasteiger partial charge < -0.3 is 4.74 Å². The molecule has 1 atom stereocenters. The maximum atomic E-state index is 11.3. The number of aromatic nitrogens is 1. The van der Waals surface area contributed by atoms with Crippen LogP contribution in [0.2, 0.25) is 0 Å². The van der Waals surface area contributed by atoms with Gasteiger partial charge in [-0.15, -0.1) is 0 Å². The first-order valence-corrected chi connectivity index (χ1v) is 6.94. The fourth-order valence-electron chi connectivity index (χ4n) is 2.47. The molecule has 1 aliphatic rings. The summed E-state index contributed by atoms with van der Waals surface area (Å²) in [7, 11) is 1.38. The second kappa shape index (κ2) is 6.66. The van der Waals surface area contributed by atoms with Gasteiger partial charge in [-0.05, 0) is 50.4 Å². The van der Waals surface area contributed by atoms with Crippen molar-refractivity contribution >= 4 is 5.97 Å². The molecule has 1 saturated heterocycles. The van der Waals surface area contributed by atoms with Crippen LogP contribution in [0, 0.1) is 5.92 Å². The SMILES string of the molecule is COC(=O)c1ccc(CN2CCCC(C)CC2)nc1. The van der Waals surface area contributed by atoms with Crippen molar-refractivity contribution in [2.75, 3.05) is 20.2 Å². The van der Waals surface area contributed by atoms with Crippen LogP contribution < -0.4 is 0 Å². The molecule has 4 heteroatoms. The Morgan fingerprint density at radius 1 is 1.42 bits per heavy atom. The molecular formula is C15H22N2O2. The molecule has 104 valence electrons. The van der Waals surface area contributed by atoms with Gasteiger partial charge in [-0.2, -0.15) is 0 Å². The van der Waals surface area contributed by atoms with Crippen LogP contribution in [-0.4, -0.2) is 36.1 Å². The minimum absolute atomic E-state index is 0.331. The molecule has 0 aromatic carbocycles. The maximum absolute atomic E-state index is 11.3. The molecule has 1 unspecified atom stereocenters. The number of ether oxygens (including phenoxy) is 1. The normalized spacial score (nSPS) is 20.8. The summed E-state index contributed by atoms with van der Waals surface area (Å²) < 4.78 is 4.67. The number of carbonyl (C=O) groups excluding carboxylic acids is 1. The first-order chi connectivity index (χ1) is 9.19. The highest BCUT2D eigenvalue weighted by Crippen LogP contribution is 2.17. The highest BCUT2D eigenvalue weighted by molar-refractivity contribution is 5.88. The molecule has 0 spiro atoms. The van der Waals surface area contributed by atoms with Crippen molar-refractivity contribution in [3.63, 3.8) is 0 Å². The summed E-state index contributed by atoms with van der Waals surface area (Å²) in [5, 5.41) is 0. The lowest BCUT2D eigenvalue weighted by molar-refractivity contribution is 0.0600. The van der Waals surface area contributed by atoms with E-state index in [-0.39, 0.29) is 5.97 Å². The lowest BCUT2D eigenvalue weighted by atomic mass is 10.0. The van der Waals surface area contributed by atoms with Crippen LogP contribution >= 0.6 is 0 Å². The number of pyridine rings is 1. The van der Waals surface area contributed by atoms with E-state index in [1.807, 2.05) is 6.07 Å². The van der Waals surface area contributed by atoms with Gasteiger partial charge in [0.05, 0.1) is 18.4 Å². The Morgan fingerprint density at radius 2 is 2.26 bits per heavy atom. The van der Waals surface area contributed by atoms with Crippen molar-refractivity contribution in [3.8, 4) is 0 Å². The largest absolute Gasteiger partial charge is 0.465 e. The van der Waals surface area contributed by atoms with Gasteiger partial charge in [0.15, 0.2) is 0 Å². The first kappa shape index (κ1) is 14.0. The summed E-state index contributed by atoms with van der Waals surface area (Å²) in [5.74, 6) is 0.502. The minimum Gasteiger partial charge on any atom is -0.465 e. The van der Waals surface area contributed by atoms with Crippen molar-refractivity contribution in [2.24, 2.45) is 5.92 Å². The maximum Gasteiger partial charge on any atom is 0.339 e. The molecular weight excluding hydrogens is 240 g/mol. The molecule has 0 saturated carbocycles. The van der Waals surface area contributed by atoms with Crippen molar-refractivity contribution in [3.05, 3.63) is 29.6 Å². The minimum atomic E-state index is -0.331. The molecule has 1 aromatic rings. The summed E-state index contributed by atoms with van der Waals surface area (Å²) >= 11 is 0. The van der Waals surface area contributed by atoms with Crippen LogP contribution in [-0.2, 0) is 11.3 Å². The number of nitrogens with zero attached hydrogens (tertiary/aromatic N) is 2. The van der Waals surface area contributed by atoms with Crippen molar-refractivity contribution < 1.29 is 9.53 Å². The van der Waals surface area contributed by atoms with Crippen LogP contribution in [0.1, 0.15) is 42.2 Å². The standard InChI is InChI=1S/C15H22N2O2/c1-12-4-3-8-17(9-7-12)11-14-6-5-13(10-16-14)15(18)19-2/h5-6,10,12H,3-4,7-9,11H2,1-2H3. The molecule has 0 amide bonds. The second-order valence-electron chi connectivity index (χ2n) is 5.34. The van der Waals surface area contributed by atoms with E-state index in [4.69, 9.17) is 0 Å². The molecule has 0 radical (unpaired) electrons. The fourth-order valence-corrected chi connectivity index (χ4v) is 2.47. The third-order valence-electron chi connectivity index (χ3n) is 3.74. The van der Waals surface area contributed by atoms with E-state index in [0.717, 1.165) is 31.2 Å². The molecule has 1 aromatic heterocycles. The van der Waals surface area contributed by atoms with Gasteiger partial charge in [-0.3, -0.25) is 9.88 Å². The van der Waals surface area contributed by atoms with E-state index < -0.39 is 0 Å². The number of hydrogen-bond donors (Lipinski definition) is 0. The summed E-state index contributed by atoms with van der Waals surface area (Å²) in [6.07, 6.45) is 5.45. The highest BCUT2D eigenvalue weighted by atomic mass is 16.5. The quantitative estimate of drug-likeness (QED) is 0.785. The predicted octanol–water partition coefficient (Wildman–Crippen LogP) is 2.49. The zero-order chi connectivity index (χ0) is 13.7. The number of methoxy groups -OCH3 is 1. The molecule has 0 N–H and O–H groups in total. The molecule has 2 rings (SSSR count). The van der Waals surface area contributed by atoms with E-state index in [1.165, 1.54) is 26.4 Å². The average Bonchev–Trinajstić information content (AvgIpc) is 2.64. The lowest BCUT2D eigenvalue weighted by Gasteiger charge is -2.19. The Morgan fingerprint density at radius 3 is 2.95 bits per heavy atom. The Labute approximate surface area is 114 Å². The zero-order valence-electron chi connectivity index (χ0n) is 11.8. The molecule has 4 nitrogen and oxygen atoms in total. The van der Waals surface area contributed by atoms with Crippen LogP contribution in [0.3, 0.4) is 0 Å². The Balaban J connectivity index is 1.93. The van der Waals surface area contributed by atoms with Gasteiger partial charge in [-0.25, -0.2) is 4.79 Å². The van der Waals surface area contributed by atoms with Gasteiger partial charge in [-0.1, -0.05) is 6.92 Å². The Hall–Kier alpha value is -1.42. The molecule has 1 fully saturated rings. The number of esters is 1. The van der Waals surface area contributed by atoms with Crippen LogP contribution in [0.15, 0.2) is 18.3 Å². The Kier molecular flexibility index (Phi) is 4.91. The van der Waals surface area contributed by atoms with Crippen LogP contribution in [0.25, 0.3) is 0 Å². The first-order valence-electron chi connectivity index (χ1n) is 6.94. The molecule has 0 aliphatic carbocycles. The third kappa shape index (κ3) is 4.03. The molecule has 1 aliphatic heterocycles. The topological polar surface area (TPSA) is 42.4 Å². The number of carbonyl (C=O) groups is 1. The summed E-state index contributed by atoms with van der Waals surface area (Å²) in [5.41, 5.74) is 1.53. The van der Waals surface area contributed by atoms with Gasteiger partial charge in [0, 0.05) is 12.7 Å². The van der Waals surface area contributed by atoms with Crippen LogP contribution in [0.5, 0.6) is 0 Å². The summed E-state index contributed by atoms with van der Waals surface area (Å²) in [6, 6.07) is 3.70. The molecule has 19 heavy (non-hydrogen) atoms. The van der Waals surface area contributed by atoms with Gasteiger partial charge in [0.1, 0.15) is 0 Å². The van der Waals surface area contributed by atoms with E-state index in [2.05, 4.69) is 21.5 Å². The van der Waals surface area contributed by atoms with Crippen LogP contribution in [0.4, 0.5) is 0 Å². The Bertz CT molecular complexity index is 417. The smallest absolute Gasteiger partial charge is 0.339 e. The third-order valence-corrected chi connectivity index (χ3v) is 3.74. The summed E-state index contributed by atoms with van der Waals surface area (Å²) in [4.78, 5) is 18.1. The highest BCUT2D eigenvalue weighted by Gasteiger charge is 2.14. The van der Waals surface area contributed by atoms with Gasteiger partial charge in [0.25, 0.3) is 0 Å². The molecule has 0 bridgehead atoms. The summed E-state index contributed by atoms with van der Waals surface area (Å²) in [6.45, 7) is 5.48. The van der Waals surface area contributed by atoms with Crippen molar-refractivity contribution in [2.45, 2.75) is 32.7 Å². The fraction of sp³-hybridized carbons (Fsp3) is 0.600. The zero-order valence-corrected chi connectivity index (χ0v) is 11.8. The molecule has 2 heterocycles. The average molecular weight is 262 g/mol. The monoisotopic (exact) mass is 262 g/mol. The van der Waals surface area contributed by atoms with Crippen molar-refractivity contribution in [1.82, 2.24) is 9.88 Å².